The molecule has 110 valence electrons. The van der Waals surface area contributed by atoms with Gasteiger partial charge in [0.25, 0.3) is 0 Å². The number of nitrogens with one attached hydrogen (secondary N) is 1. The Morgan fingerprint density at radius 1 is 1.55 bits per heavy atom. The molecule has 0 aliphatic carbocycles. The zero-order valence-corrected chi connectivity index (χ0v) is 12.0. The van der Waals surface area contributed by atoms with Crippen molar-refractivity contribution in [3.05, 3.63) is 28.3 Å². The molecule has 0 aromatic heterocycles. The maximum absolute atomic E-state index is 11.0. The molecule has 1 unspecified atom stereocenters. The first-order valence-electron chi connectivity index (χ1n) is 6.98. The molecule has 2 rings (SSSR count). The molecule has 6 heteroatoms. The van der Waals surface area contributed by atoms with Gasteiger partial charge in [0.05, 0.1) is 11.5 Å². The van der Waals surface area contributed by atoms with Gasteiger partial charge in [0, 0.05) is 37.5 Å². The number of anilines is 1. The monoisotopic (exact) mass is 279 g/mol. The average molecular weight is 279 g/mol. The van der Waals surface area contributed by atoms with E-state index in [2.05, 4.69) is 10.2 Å². The fourth-order valence-corrected chi connectivity index (χ4v) is 2.52. The molecule has 1 atom stereocenters. The summed E-state index contributed by atoms with van der Waals surface area (Å²) in [6, 6.07) is 5.48. The standard InChI is InChI=1S/C14H21N3O3/c1-3-20-14-9-11(6-7-13(14)17(18)19)16(2)12-5-4-8-15-10-12/h6-7,9,12,15H,3-5,8,10H2,1-2H3. The first-order valence-corrected chi connectivity index (χ1v) is 6.98. The summed E-state index contributed by atoms with van der Waals surface area (Å²) in [5.41, 5.74) is 0.971. The van der Waals surface area contributed by atoms with Crippen LogP contribution in [-0.4, -0.2) is 37.7 Å². The smallest absolute Gasteiger partial charge is 0.311 e. The third-order valence-corrected chi connectivity index (χ3v) is 3.67. The van der Waals surface area contributed by atoms with Gasteiger partial charge in [0.1, 0.15) is 0 Å². The van der Waals surface area contributed by atoms with Gasteiger partial charge >= 0.3 is 5.69 Å². The van der Waals surface area contributed by atoms with Crippen molar-refractivity contribution >= 4 is 11.4 Å². The number of likely N-dealkylation sites (N-methyl/N-ethyl adjacent to an activating group) is 1. The molecule has 1 aliphatic rings. The van der Waals surface area contributed by atoms with E-state index >= 15 is 0 Å². The summed E-state index contributed by atoms with van der Waals surface area (Å²) in [4.78, 5) is 12.7. The highest BCUT2D eigenvalue weighted by Gasteiger charge is 2.21. The SMILES string of the molecule is CCOc1cc(N(C)C2CCCNC2)ccc1[N+](=O)[O-]. The minimum absolute atomic E-state index is 0.0192. The summed E-state index contributed by atoms with van der Waals surface area (Å²) in [6.45, 7) is 4.25. The van der Waals surface area contributed by atoms with E-state index in [0.29, 0.717) is 18.4 Å². The van der Waals surface area contributed by atoms with Crippen LogP contribution in [0.2, 0.25) is 0 Å². The lowest BCUT2D eigenvalue weighted by molar-refractivity contribution is -0.385. The quantitative estimate of drug-likeness (QED) is 0.661. The van der Waals surface area contributed by atoms with E-state index in [4.69, 9.17) is 4.74 Å². The molecule has 6 nitrogen and oxygen atoms in total. The van der Waals surface area contributed by atoms with Crippen molar-refractivity contribution < 1.29 is 9.66 Å². The topological polar surface area (TPSA) is 67.6 Å². The molecule has 0 amide bonds. The Labute approximate surface area is 118 Å². The van der Waals surface area contributed by atoms with Crippen molar-refractivity contribution in [2.24, 2.45) is 0 Å². The van der Waals surface area contributed by atoms with Crippen LogP contribution in [0.5, 0.6) is 5.75 Å². The second-order valence-corrected chi connectivity index (χ2v) is 4.95. The van der Waals surface area contributed by atoms with E-state index < -0.39 is 4.92 Å². The zero-order chi connectivity index (χ0) is 14.5. The summed E-state index contributed by atoms with van der Waals surface area (Å²) in [5, 5.41) is 14.4. The third-order valence-electron chi connectivity index (χ3n) is 3.67. The summed E-state index contributed by atoms with van der Waals surface area (Å²) in [7, 11) is 2.02. The van der Waals surface area contributed by atoms with E-state index in [1.807, 2.05) is 14.0 Å². The van der Waals surface area contributed by atoms with Crippen LogP contribution in [0.1, 0.15) is 19.8 Å². The highest BCUT2D eigenvalue weighted by Crippen LogP contribution is 2.32. The lowest BCUT2D eigenvalue weighted by Crippen LogP contribution is -2.44. The van der Waals surface area contributed by atoms with Crippen LogP contribution in [0.15, 0.2) is 18.2 Å². The summed E-state index contributed by atoms with van der Waals surface area (Å²) in [5.74, 6) is 0.339. The third kappa shape index (κ3) is 3.19. The number of piperidine rings is 1. The van der Waals surface area contributed by atoms with Crippen LogP contribution in [0.4, 0.5) is 11.4 Å². The maximum atomic E-state index is 11.0. The Balaban J connectivity index is 2.22. The summed E-state index contributed by atoms with van der Waals surface area (Å²) >= 11 is 0. The molecule has 1 aromatic rings. The number of rotatable bonds is 5. The number of hydrogen-bond acceptors (Lipinski definition) is 5. The van der Waals surface area contributed by atoms with Gasteiger partial charge in [0.15, 0.2) is 5.75 Å². The highest BCUT2D eigenvalue weighted by atomic mass is 16.6. The second kappa shape index (κ2) is 6.56. The molecule has 1 fully saturated rings. The largest absolute Gasteiger partial charge is 0.487 e. The van der Waals surface area contributed by atoms with E-state index in [-0.39, 0.29) is 5.69 Å². The van der Waals surface area contributed by atoms with Gasteiger partial charge in [-0.1, -0.05) is 0 Å². The van der Waals surface area contributed by atoms with E-state index in [1.54, 1.807) is 12.1 Å². The molecule has 1 saturated heterocycles. The normalized spacial score (nSPS) is 18.6. The van der Waals surface area contributed by atoms with Crippen LogP contribution in [0.25, 0.3) is 0 Å². The molecule has 20 heavy (non-hydrogen) atoms. The van der Waals surface area contributed by atoms with Crippen molar-refractivity contribution in [1.82, 2.24) is 5.32 Å². The van der Waals surface area contributed by atoms with Crippen molar-refractivity contribution in [2.45, 2.75) is 25.8 Å². The van der Waals surface area contributed by atoms with Gasteiger partial charge in [-0.05, 0) is 32.4 Å². The number of nitrogens with zero attached hydrogens (tertiary/aromatic N) is 2. The Morgan fingerprint density at radius 3 is 2.95 bits per heavy atom. The molecule has 0 bridgehead atoms. The second-order valence-electron chi connectivity index (χ2n) is 4.95. The van der Waals surface area contributed by atoms with E-state index in [0.717, 1.165) is 31.6 Å². The molecule has 1 N–H and O–H groups in total. The Kier molecular flexibility index (Phi) is 4.79. The predicted molar refractivity (Wildman–Crippen MR) is 78.6 cm³/mol. The number of nitro groups is 1. The minimum atomic E-state index is -0.406. The summed E-state index contributed by atoms with van der Waals surface area (Å²) in [6.07, 6.45) is 2.28. The molecular formula is C14H21N3O3. The van der Waals surface area contributed by atoms with Crippen molar-refractivity contribution in [2.75, 3.05) is 31.6 Å². The number of hydrogen-bond donors (Lipinski definition) is 1. The molecule has 0 spiro atoms. The van der Waals surface area contributed by atoms with Crippen molar-refractivity contribution in [1.29, 1.82) is 0 Å². The first kappa shape index (κ1) is 14.6. The number of nitro benzene ring substituents is 1. The van der Waals surface area contributed by atoms with Crippen LogP contribution in [0, 0.1) is 10.1 Å². The highest BCUT2D eigenvalue weighted by molar-refractivity contribution is 5.59. The molecule has 1 aromatic carbocycles. The zero-order valence-electron chi connectivity index (χ0n) is 12.0. The van der Waals surface area contributed by atoms with Crippen molar-refractivity contribution in [3.8, 4) is 5.75 Å². The Morgan fingerprint density at radius 2 is 2.35 bits per heavy atom. The fraction of sp³-hybridized carbons (Fsp3) is 0.571. The average Bonchev–Trinajstić information content (AvgIpc) is 2.47. The molecule has 0 radical (unpaired) electrons. The Bertz CT molecular complexity index is 473. The lowest BCUT2D eigenvalue weighted by Gasteiger charge is -2.33. The van der Waals surface area contributed by atoms with Gasteiger partial charge in [-0.15, -0.1) is 0 Å². The number of benzene rings is 1. The van der Waals surface area contributed by atoms with Crippen LogP contribution in [-0.2, 0) is 0 Å². The fourth-order valence-electron chi connectivity index (χ4n) is 2.52. The van der Waals surface area contributed by atoms with Gasteiger partial charge in [-0.2, -0.15) is 0 Å². The van der Waals surface area contributed by atoms with Crippen LogP contribution >= 0.6 is 0 Å². The Hall–Kier alpha value is -1.82. The predicted octanol–water partition coefficient (Wildman–Crippen LogP) is 2.18. The maximum Gasteiger partial charge on any atom is 0.311 e. The van der Waals surface area contributed by atoms with E-state index in [1.165, 1.54) is 6.07 Å². The molecule has 0 saturated carbocycles. The van der Waals surface area contributed by atoms with Gasteiger partial charge in [0.2, 0.25) is 0 Å². The molecule has 1 aliphatic heterocycles. The van der Waals surface area contributed by atoms with Gasteiger partial charge < -0.3 is 15.0 Å². The molecular weight excluding hydrogens is 258 g/mol. The lowest BCUT2D eigenvalue weighted by atomic mass is 10.1. The first-order chi connectivity index (χ1) is 9.63. The van der Waals surface area contributed by atoms with E-state index in [9.17, 15) is 10.1 Å². The van der Waals surface area contributed by atoms with Crippen molar-refractivity contribution in [3.63, 3.8) is 0 Å². The van der Waals surface area contributed by atoms with Crippen LogP contribution < -0.4 is 15.0 Å². The number of ether oxygens (including phenoxy) is 1. The molecule has 1 heterocycles. The minimum Gasteiger partial charge on any atom is -0.487 e. The van der Waals surface area contributed by atoms with Gasteiger partial charge in [-0.3, -0.25) is 10.1 Å². The van der Waals surface area contributed by atoms with Crippen LogP contribution in [0.3, 0.4) is 0 Å². The van der Waals surface area contributed by atoms with Gasteiger partial charge in [-0.25, -0.2) is 0 Å². The summed E-state index contributed by atoms with van der Waals surface area (Å²) < 4.78 is 5.39.